The van der Waals surface area contributed by atoms with Crippen LogP contribution in [-0.2, 0) is 16.0 Å². The van der Waals surface area contributed by atoms with Crippen molar-refractivity contribution in [1.82, 2.24) is 4.98 Å². The summed E-state index contributed by atoms with van der Waals surface area (Å²) in [4.78, 5) is 26.9. The lowest BCUT2D eigenvalue weighted by Gasteiger charge is -2.06. The number of nitrogens with one attached hydrogen (secondary N) is 2. The molecule has 0 saturated carbocycles. The molecule has 24 heavy (non-hydrogen) atoms. The molecule has 122 valence electrons. The number of hydrogen-bond donors (Lipinski definition) is 2. The van der Waals surface area contributed by atoms with Gasteiger partial charge in [0.25, 0.3) is 5.91 Å². The monoisotopic (exact) mass is 322 g/mol. The molecule has 1 amide bonds. The van der Waals surface area contributed by atoms with E-state index in [-0.39, 0.29) is 12.5 Å². The highest BCUT2D eigenvalue weighted by atomic mass is 16.5. The predicted molar refractivity (Wildman–Crippen MR) is 93.0 cm³/mol. The summed E-state index contributed by atoms with van der Waals surface area (Å²) in [6, 6.07) is 16.8. The number of hydrogen-bond acceptors (Lipinski definition) is 3. The van der Waals surface area contributed by atoms with Crippen molar-refractivity contribution in [3.8, 4) is 0 Å². The minimum Gasteiger partial charge on any atom is -0.451 e. The molecule has 5 heteroatoms. The molecule has 2 aromatic carbocycles. The Morgan fingerprint density at radius 3 is 2.54 bits per heavy atom. The van der Waals surface area contributed by atoms with Crippen LogP contribution in [0.3, 0.4) is 0 Å². The third-order valence-electron chi connectivity index (χ3n) is 3.73. The van der Waals surface area contributed by atoms with Gasteiger partial charge < -0.3 is 15.0 Å². The Bertz CT molecular complexity index is 833. The minimum atomic E-state index is -0.553. The van der Waals surface area contributed by atoms with E-state index in [0.29, 0.717) is 11.4 Å². The third-order valence-corrected chi connectivity index (χ3v) is 3.73. The molecule has 0 aliphatic rings. The Morgan fingerprint density at radius 1 is 1.08 bits per heavy atom. The highest BCUT2D eigenvalue weighted by Gasteiger charge is 2.13. The zero-order chi connectivity index (χ0) is 16.9. The number of esters is 1. The van der Waals surface area contributed by atoms with E-state index in [9.17, 15) is 9.59 Å². The molecule has 0 aliphatic carbocycles. The van der Waals surface area contributed by atoms with Crippen molar-refractivity contribution in [3.05, 3.63) is 65.9 Å². The number of amides is 1. The number of carbonyl (C=O) groups excluding carboxylic acids is 2. The zero-order valence-electron chi connectivity index (χ0n) is 13.3. The second-order valence-corrected chi connectivity index (χ2v) is 5.45. The highest BCUT2D eigenvalue weighted by Crippen LogP contribution is 2.15. The fourth-order valence-electron chi connectivity index (χ4n) is 2.41. The number of aromatic amines is 1. The van der Waals surface area contributed by atoms with Crippen LogP contribution in [0.1, 0.15) is 23.0 Å². The lowest BCUT2D eigenvalue weighted by Crippen LogP contribution is -2.21. The summed E-state index contributed by atoms with van der Waals surface area (Å²) >= 11 is 0. The van der Waals surface area contributed by atoms with E-state index in [1.165, 1.54) is 5.56 Å². The van der Waals surface area contributed by atoms with Crippen molar-refractivity contribution in [1.29, 1.82) is 0 Å². The van der Waals surface area contributed by atoms with E-state index < -0.39 is 5.97 Å². The van der Waals surface area contributed by atoms with E-state index in [0.717, 1.165) is 17.3 Å². The lowest BCUT2D eigenvalue weighted by molar-refractivity contribution is -0.119. The van der Waals surface area contributed by atoms with E-state index in [2.05, 4.69) is 17.2 Å². The van der Waals surface area contributed by atoms with Crippen LogP contribution in [0.15, 0.2) is 54.6 Å². The van der Waals surface area contributed by atoms with Gasteiger partial charge in [0.1, 0.15) is 5.69 Å². The molecule has 0 atom stereocenters. The molecule has 0 saturated heterocycles. The summed E-state index contributed by atoms with van der Waals surface area (Å²) in [6.07, 6.45) is 0.941. The first kappa shape index (κ1) is 15.8. The van der Waals surface area contributed by atoms with Gasteiger partial charge >= 0.3 is 5.97 Å². The van der Waals surface area contributed by atoms with Gasteiger partial charge in [-0.25, -0.2) is 4.79 Å². The standard InChI is InChI=1S/C19H18N2O3/c1-2-13-7-9-15(10-8-13)20-18(22)12-24-19(23)17-11-14-5-3-4-6-16(14)21-17/h3-11,21H,2,12H2,1H3,(H,20,22). The van der Waals surface area contributed by atoms with Gasteiger partial charge in [0.2, 0.25) is 0 Å². The van der Waals surface area contributed by atoms with Crippen molar-refractivity contribution in [2.45, 2.75) is 13.3 Å². The van der Waals surface area contributed by atoms with Crippen molar-refractivity contribution in [2.24, 2.45) is 0 Å². The molecule has 1 aromatic heterocycles. The molecule has 0 aliphatic heterocycles. The van der Waals surface area contributed by atoms with Crippen LogP contribution in [0.25, 0.3) is 10.9 Å². The van der Waals surface area contributed by atoms with Crippen molar-refractivity contribution in [3.63, 3.8) is 0 Å². The number of para-hydroxylation sites is 1. The number of aromatic nitrogens is 1. The Labute approximate surface area is 139 Å². The zero-order valence-corrected chi connectivity index (χ0v) is 13.3. The first-order valence-electron chi connectivity index (χ1n) is 7.79. The van der Waals surface area contributed by atoms with Crippen LogP contribution in [0.4, 0.5) is 5.69 Å². The lowest BCUT2D eigenvalue weighted by atomic mass is 10.1. The fraction of sp³-hybridized carbons (Fsp3) is 0.158. The second-order valence-electron chi connectivity index (χ2n) is 5.45. The summed E-state index contributed by atoms with van der Waals surface area (Å²) in [7, 11) is 0. The molecule has 0 bridgehead atoms. The Kier molecular flexibility index (Phi) is 4.61. The molecular weight excluding hydrogens is 304 g/mol. The van der Waals surface area contributed by atoms with Crippen LogP contribution in [0, 0.1) is 0 Å². The van der Waals surface area contributed by atoms with Gasteiger partial charge in [0, 0.05) is 16.6 Å². The second kappa shape index (κ2) is 7.00. The van der Waals surface area contributed by atoms with E-state index in [1.807, 2.05) is 48.5 Å². The Morgan fingerprint density at radius 2 is 1.83 bits per heavy atom. The van der Waals surface area contributed by atoms with Gasteiger partial charge in [0.05, 0.1) is 0 Å². The van der Waals surface area contributed by atoms with E-state index in [1.54, 1.807) is 6.07 Å². The topological polar surface area (TPSA) is 71.2 Å². The molecule has 3 rings (SSSR count). The number of H-pyrrole nitrogens is 1. The van der Waals surface area contributed by atoms with E-state index >= 15 is 0 Å². The van der Waals surface area contributed by atoms with Gasteiger partial charge in [-0.1, -0.05) is 37.3 Å². The molecule has 1 heterocycles. The van der Waals surface area contributed by atoms with Crippen LogP contribution in [0.5, 0.6) is 0 Å². The van der Waals surface area contributed by atoms with Gasteiger partial charge in [-0.15, -0.1) is 0 Å². The number of carbonyl (C=O) groups is 2. The summed E-state index contributed by atoms with van der Waals surface area (Å²) in [6.45, 7) is 1.74. The number of ether oxygens (including phenoxy) is 1. The maximum absolute atomic E-state index is 12.0. The molecule has 5 nitrogen and oxygen atoms in total. The maximum atomic E-state index is 12.0. The summed E-state index contributed by atoms with van der Waals surface area (Å²) in [5, 5.41) is 3.62. The molecule has 0 fully saturated rings. The minimum absolute atomic E-state index is 0.330. The number of aryl methyl sites for hydroxylation is 1. The van der Waals surface area contributed by atoms with Crippen LogP contribution < -0.4 is 5.32 Å². The smallest absolute Gasteiger partial charge is 0.355 e. The third kappa shape index (κ3) is 3.63. The van der Waals surface area contributed by atoms with Gasteiger partial charge in [-0.2, -0.15) is 0 Å². The molecule has 2 N–H and O–H groups in total. The number of benzene rings is 2. The van der Waals surface area contributed by atoms with Crippen molar-refractivity contribution < 1.29 is 14.3 Å². The first-order valence-corrected chi connectivity index (χ1v) is 7.79. The summed E-state index contributed by atoms with van der Waals surface area (Å²) < 4.78 is 5.05. The average molecular weight is 322 g/mol. The average Bonchev–Trinajstić information content (AvgIpc) is 3.04. The SMILES string of the molecule is CCc1ccc(NC(=O)COC(=O)c2cc3ccccc3[nH]2)cc1. The Balaban J connectivity index is 1.55. The molecule has 0 spiro atoms. The van der Waals surface area contributed by atoms with Crippen LogP contribution in [0.2, 0.25) is 0 Å². The molecule has 0 unspecified atom stereocenters. The van der Waals surface area contributed by atoms with E-state index in [4.69, 9.17) is 4.74 Å². The Hall–Kier alpha value is -3.08. The molecule has 0 radical (unpaired) electrons. The highest BCUT2D eigenvalue weighted by molar-refractivity contribution is 5.97. The van der Waals surface area contributed by atoms with Gasteiger partial charge in [0.15, 0.2) is 6.61 Å². The summed E-state index contributed by atoms with van der Waals surface area (Å²) in [5.74, 6) is -0.925. The van der Waals surface area contributed by atoms with Crippen LogP contribution in [-0.4, -0.2) is 23.5 Å². The predicted octanol–water partition coefficient (Wildman–Crippen LogP) is 3.53. The quantitative estimate of drug-likeness (QED) is 0.706. The molecule has 3 aromatic rings. The van der Waals surface area contributed by atoms with Gasteiger partial charge in [-0.3, -0.25) is 4.79 Å². The van der Waals surface area contributed by atoms with Crippen molar-refractivity contribution in [2.75, 3.05) is 11.9 Å². The van der Waals surface area contributed by atoms with Crippen LogP contribution >= 0.6 is 0 Å². The fourth-order valence-corrected chi connectivity index (χ4v) is 2.41. The number of anilines is 1. The maximum Gasteiger partial charge on any atom is 0.355 e. The number of rotatable bonds is 5. The number of fused-ring (bicyclic) bond motifs is 1. The summed E-state index contributed by atoms with van der Waals surface area (Å²) in [5.41, 5.74) is 3.05. The van der Waals surface area contributed by atoms with Crippen molar-refractivity contribution >= 4 is 28.5 Å². The first-order chi connectivity index (χ1) is 11.7. The largest absolute Gasteiger partial charge is 0.451 e. The van der Waals surface area contributed by atoms with Gasteiger partial charge in [-0.05, 0) is 36.2 Å². The normalized spacial score (nSPS) is 10.5. The molecular formula is C19H18N2O3.